The summed E-state index contributed by atoms with van der Waals surface area (Å²) < 4.78 is 10.2. The van der Waals surface area contributed by atoms with Crippen LogP contribution < -0.4 is 5.32 Å². The smallest absolute Gasteiger partial charge is 0.225 e. The number of carbonyl (C=O) groups excluding carboxylic acids is 1. The van der Waals surface area contributed by atoms with Crippen molar-refractivity contribution in [3.05, 3.63) is 0 Å². The van der Waals surface area contributed by atoms with Crippen LogP contribution in [0.4, 0.5) is 0 Å². The van der Waals surface area contributed by atoms with Crippen molar-refractivity contribution >= 4 is 5.91 Å². The van der Waals surface area contributed by atoms with Gasteiger partial charge in [-0.05, 0) is 12.8 Å². The van der Waals surface area contributed by atoms with Gasteiger partial charge in [0.25, 0.3) is 0 Å². The molecule has 15 heavy (non-hydrogen) atoms. The molecule has 1 amide bonds. The zero-order valence-corrected chi connectivity index (χ0v) is 8.91. The van der Waals surface area contributed by atoms with Gasteiger partial charge in [0.2, 0.25) is 5.91 Å². The van der Waals surface area contributed by atoms with Crippen LogP contribution in [-0.2, 0) is 14.3 Å². The molecule has 1 fully saturated rings. The second kappa shape index (κ2) is 7.62. The minimum absolute atomic E-state index is 0.00316. The summed E-state index contributed by atoms with van der Waals surface area (Å²) in [5.41, 5.74) is 0. The standard InChI is InChI=1S/C10H19NO4/c12-4-7-14-6-3-11-10(13)9-2-1-5-15-8-9/h9,12H,1-8H2,(H,11,13). The molecular formula is C10H19NO4. The Hall–Kier alpha value is -0.650. The highest BCUT2D eigenvalue weighted by Gasteiger charge is 2.20. The number of nitrogens with one attached hydrogen (secondary N) is 1. The van der Waals surface area contributed by atoms with Crippen LogP contribution in [0.15, 0.2) is 0 Å². The van der Waals surface area contributed by atoms with Crippen LogP contribution in [0, 0.1) is 5.92 Å². The molecule has 1 saturated heterocycles. The van der Waals surface area contributed by atoms with Crippen LogP contribution in [-0.4, -0.2) is 50.6 Å². The third-order valence-electron chi connectivity index (χ3n) is 2.31. The summed E-state index contributed by atoms with van der Waals surface area (Å²) in [6, 6.07) is 0. The maximum atomic E-state index is 11.5. The molecule has 2 N–H and O–H groups in total. The minimum Gasteiger partial charge on any atom is -0.394 e. The van der Waals surface area contributed by atoms with Gasteiger partial charge < -0.3 is 19.9 Å². The van der Waals surface area contributed by atoms with Gasteiger partial charge in [-0.2, -0.15) is 0 Å². The van der Waals surface area contributed by atoms with Crippen molar-refractivity contribution < 1.29 is 19.4 Å². The van der Waals surface area contributed by atoms with Gasteiger partial charge in [-0.3, -0.25) is 4.79 Å². The van der Waals surface area contributed by atoms with Crippen LogP contribution in [0.2, 0.25) is 0 Å². The van der Waals surface area contributed by atoms with Crippen LogP contribution in [0.3, 0.4) is 0 Å². The average molecular weight is 217 g/mol. The number of hydrogen-bond acceptors (Lipinski definition) is 4. The Labute approximate surface area is 89.8 Å². The lowest BCUT2D eigenvalue weighted by atomic mass is 10.0. The minimum atomic E-state index is -0.00316. The molecule has 1 aliphatic heterocycles. The Morgan fingerprint density at radius 3 is 3.07 bits per heavy atom. The topological polar surface area (TPSA) is 67.8 Å². The SMILES string of the molecule is O=C(NCCOCCO)C1CCCOC1. The third-order valence-corrected chi connectivity index (χ3v) is 2.31. The Morgan fingerprint density at radius 2 is 2.40 bits per heavy atom. The summed E-state index contributed by atoms with van der Waals surface area (Å²) in [5.74, 6) is 0.0406. The van der Waals surface area contributed by atoms with Crippen molar-refractivity contribution in [3.8, 4) is 0 Å². The van der Waals surface area contributed by atoms with Gasteiger partial charge >= 0.3 is 0 Å². The first-order valence-corrected chi connectivity index (χ1v) is 5.38. The molecule has 1 aliphatic rings. The Balaban J connectivity index is 2.02. The lowest BCUT2D eigenvalue weighted by Gasteiger charge is -2.21. The van der Waals surface area contributed by atoms with Crippen molar-refractivity contribution in [1.29, 1.82) is 0 Å². The molecule has 0 spiro atoms. The van der Waals surface area contributed by atoms with E-state index in [-0.39, 0.29) is 18.4 Å². The highest BCUT2D eigenvalue weighted by Crippen LogP contribution is 2.12. The highest BCUT2D eigenvalue weighted by atomic mass is 16.5. The number of amides is 1. The second-order valence-electron chi connectivity index (χ2n) is 3.54. The predicted octanol–water partition coefficient (Wildman–Crippen LogP) is -0.462. The van der Waals surface area contributed by atoms with Crippen LogP contribution >= 0.6 is 0 Å². The first kappa shape index (κ1) is 12.4. The molecule has 1 unspecified atom stereocenters. The molecule has 0 aromatic rings. The summed E-state index contributed by atoms with van der Waals surface area (Å²) >= 11 is 0. The molecule has 0 radical (unpaired) electrons. The van der Waals surface area contributed by atoms with E-state index >= 15 is 0 Å². The molecule has 0 aromatic heterocycles. The maximum Gasteiger partial charge on any atom is 0.225 e. The van der Waals surface area contributed by atoms with E-state index in [1.54, 1.807) is 0 Å². The molecule has 5 heteroatoms. The Bertz CT molecular complexity index is 180. The van der Waals surface area contributed by atoms with Crippen LogP contribution in [0.1, 0.15) is 12.8 Å². The number of rotatable bonds is 6. The molecule has 0 saturated carbocycles. The molecular weight excluding hydrogens is 198 g/mol. The number of aliphatic hydroxyl groups is 1. The quantitative estimate of drug-likeness (QED) is 0.591. The van der Waals surface area contributed by atoms with Gasteiger partial charge in [-0.15, -0.1) is 0 Å². The van der Waals surface area contributed by atoms with Crippen molar-refractivity contribution in [3.63, 3.8) is 0 Å². The van der Waals surface area contributed by atoms with Crippen molar-refractivity contribution in [2.24, 2.45) is 5.92 Å². The fourth-order valence-corrected chi connectivity index (χ4v) is 1.50. The first-order valence-electron chi connectivity index (χ1n) is 5.38. The number of carbonyl (C=O) groups is 1. The summed E-state index contributed by atoms with van der Waals surface area (Å²) in [6.45, 7) is 2.58. The Kier molecular flexibility index (Phi) is 6.31. The number of aliphatic hydroxyl groups excluding tert-OH is 1. The largest absolute Gasteiger partial charge is 0.394 e. The van der Waals surface area contributed by atoms with Crippen molar-refractivity contribution in [2.75, 3.05) is 39.6 Å². The van der Waals surface area contributed by atoms with Gasteiger partial charge in [0.15, 0.2) is 0 Å². The predicted molar refractivity (Wildman–Crippen MR) is 54.5 cm³/mol. The summed E-state index contributed by atoms with van der Waals surface area (Å²) in [4.78, 5) is 11.5. The van der Waals surface area contributed by atoms with Gasteiger partial charge in [0, 0.05) is 13.2 Å². The fourth-order valence-electron chi connectivity index (χ4n) is 1.50. The van der Waals surface area contributed by atoms with Crippen LogP contribution in [0.25, 0.3) is 0 Å². The summed E-state index contributed by atoms with van der Waals surface area (Å²) in [6.07, 6.45) is 1.86. The van der Waals surface area contributed by atoms with E-state index in [1.807, 2.05) is 0 Å². The van der Waals surface area contributed by atoms with E-state index in [9.17, 15) is 4.79 Å². The lowest BCUT2D eigenvalue weighted by molar-refractivity contribution is -0.129. The molecule has 0 aromatic carbocycles. The average Bonchev–Trinajstić information content (AvgIpc) is 2.30. The van der Waals surface area contributed by atoms with Crippen molar-refractivity contribution in [2.45, 2.75) is 12.8 Å². The molecule has 0 aliphatic carbocycles. The van der Waals surface area contributed by atoms with E-state index < -0.39 is 0 Å². The van der Waals surface area contributed by atoms with E-state index in [4.69, 9.17) is 14.6 Å². The first-order chi connectivity index (χ1) is 7.34. The van der Waals surface area contributed by atoms with Gasteiger partial charge in [-0.1, -0.05) is 0 Å². The van der Waals surface area contributed by atoms with E-state index in [1.165, 1.54) is 0 Å². The summed E-state index contributed by atoms with van der Waals surface area (Å²) in [5, 5.41) is 11.2. The molecule has 1 heterocycles. The molecule has 0 bridgehead atoms. The number of hydrogen-bond donors (Lipinski definition) is 2. The number of ether oxygens (including phenoxy) is 2. The Morgan fingerprint density at radius 1 is 1.53 bits per heavy atom. The van der Waals surface area contributed by atoms with E-state index in [0.717, 1.165) is 19.4 Å². The molecule has 1 atom stereocenters. The normalized spacial score (nSPS) is 21.3. The van der Waals surface area contributed by atoms with E-state index in [0.29, 0.717) is 26.4 Å². The zero-order chi connectivity index (χ0) is 10.9. The molecule has 1 rings (SSSR count). The van der Waals surface area contributed by atoms with Gasteiger partial charge in [0.1, 0.15) is 0 Å². The van der Waals surface area contributed by atoms with Crippen LogP contribution in [0.5, 0.6) is 0 Å². The monoisotopic (exact) mass is 217 g/mol. The summed E-state index contributed by atoms with van der Waals surface area (Å²) in [7, 11) is 0. The van der Waals surface area contributed by atoms with Gasteiger partial charge in [-0.25, -0.2) is 0 Å². The molecule has 5 nitrogen and oxygen atoms in total. The molecule has 88 valence electrons. The highest BCUT2D eigenvalue weighted by molar-refractivity contribution is 5.78. The third kappa shape index (κ3) is 5.11. The zero-order valence-electron chi connectivity index (χ0n) is 8.91. The van der Waals surface area contributed by atoms with Crippen molar-refractivity contribution in [1.82, 2.24) is 5.32 Å². The van der Waals surface area contributed by atoms with E-state index in [2.05, 4.69) is 5.32 Å². The van der Waals surface area contributed by atoms with Gasteiger partial charge in [0.05, 0.1) is 32.3 Å². The second-order valence-corrected chi connectivity index (χ2v) is 3.54. The fraction of sp³-hybridized carbons (Fsp3) is 0.900. The lowest BCUT2D eigenvalue weighted by Crippen LogP contribution is -2.37. The maximum absolute atomic E-state index is 11.5.